The van der Waals surface area contributed by atoms with Gasteiger partial charge in [-0.25, -0.2) is 13.4 Å². The molecule has 7 atom stereocenters. The summed E-state index contributed by atoms with van der Waals surface area (Å²) in [5.74, 6) is 5.06. The van der Waals surface area contributed by atoms with Crippen molar-refractivity contribution in [1.29, 1.82) is 0 Å². The maximum absolute atomic E-state index is 12.0. The average Bonchev–Trinajstić information content (AvgIpc) is 3.18. The molecule has 0 bridgehead atoms. The van der Waals surface area contributed by atoms with Crippen LogP contribution in [0.1, 0.15) is 62.9 Å². The summed E-state index contributed by atoms with van der Waals surface area (Å²) in [7, 11) is -3.25. The Morgan fingerprint density at radius 3 is 2.59 bits per heavy atom. The van der Waals surface area contributed by atoms with Crippen molar-refractivity contribution in [3.63, 3.8) is 0 Å². The summed E-state index contributed by atoms with van der Waals surface area (Å²) in [6, 6.07) is 0. The van der Waals surface area contributed by atoms with Gasteiger partial charge < -0.3 is 5.11 Å². The van der Waals surface area contributed by atoms with E-state index in [1.165, 1.54) is 35.3 Å². The first kappa shape index (κ1) is 20.0. The first-order valence-corrected chi connectivity index (χ1v) is 13.6. The molecule has 4 aliphatic carbocycles. The van der Waals surface area contributed by atoms with Crippen molar-refractivity contribution in [2.24, 2.45) is 34.5 Å². The van der Waals surface area contributed by atoms with Crippen LogP contribution >= 0.6 is 11.3 Å². The molecule has 158 valence electrons. The molecule has 4 aliphatic rings. The number of rotatable bonds is 1. The number of aromatic nitrogens is 1. The third-order valence-electron chi connectivity index (χ3n) is 9.51. The topological polar surface area (TPSA) is 67.3 Å². The van der Waals surface area contributed by atoms with Gasteiger partial charge in [0.2, 0.25) is 14.2 Å². The van der Waals surface area contributed by atoms with E-state index >= 15 is 0 Å². The molecule has 0 aliphatic heterocycles. The number of hydrogen-bond donors (Lipinski definition) is 1. The number of fused-ring (bicyclic) bond motifs is 6. The lowest BCUT2D eigenvalue weighted by Gasteiger charge is -2.60. The number of aliphatic hydroxyl groups is 1. The Bertz CT molecular complexity index is 1010. The molecule has 0 aromatic carbocycles. The number of sulfone groups is 1. The summed E-state index contributed by atoms with van der Waals surface area (Å²) in [5.41, 5.74) is 0.0943. The minimum atomic E-state index is -3.25. The third-order valence-corrected chi connectivity index (χ3v) is 12.3. The van der Waals surface area contributed by atoms with Gasteiger partial charge in [0.15, 0.2) is 0 Å². The van der Waals surface area contributed by atoms with Crippen LogP contribution in [-0.2, 0) is 22.7 Å². The zero-order valence-corrected chi connectivity index (χ0v) is 19.2. The Morgan fingerprint density at radius 1 is 1.17 bits per heavy atom. The zero-order valence-electron chi connectivity index (χ0n) is 17.6. The maximum atomic E-state index is 12.0. The van der Waals surface area contributed by atoms with E-state index in [1.807, 2.05) is 0 Å². The van der Waals surface area contributed by atoms with Crippen molar-refractivity contribution in [1.82, 2.24) is 4.98 Å². The highest BCUT2D eigenvalue weighted by atomic mass is 32.2. The van der Waals surface area contributed by atoms with Gasteiger partial charge in [0.05, 0.1) is 5.69 Å². The molecule has 1 N–H and O–H groups in total. The quantitative estimate of drug-likeness (QED) is 0.683. The number of terminal acetylenes is 1. The highest BCUT2D eigenvalue weighted by molar-refractivity contribution is 7.92. The van der Waals surface area contributed by atoms with E-state index in [0.29, 0.717) is 23.7 Å². The monoisotopic (exact) mass is 433 g/mol. The van der Waals surface area contributed by atoms with Crippen LogP contribution in [0.2, 0.25) is 0 Å². The highest BCUT2D eigenvalue weighted by Crippen LogP contribution is 2.67. The number of hydrogen-bond acceptors (Lipinski definition) is 5. The van der Waals surface area contributed by atoms with E-state index in [2.05, 4.69) is 24.8 Å². The largest absolute Gasteiger partial charge is 0.377 e. The van der Waals surface area contributed by atoms with Crippen LogP contribution in [0.5, 0.6) is 0 Å². The van der Waals surface area contributed by atoms with Gasteiger partial charge >= 0.3 is 0 Å². The number of nitrogens with zero attached hydrogens (tertiary/aromatic N) is 1. The Hall–Kier alpha value is -0.900. The molecule has 1 aromatic heterocycles. The molecule has 29 heavy (non-hydrogen) atoms. The Labute approximate surface area is 178 Å². The fourth-order valence-corrected chi connectivity index (χ4v) is 9.97. The smallest absolute Gasteiger partial charge is 0.209 e. The standard InChI is InChI=1S/C23H31NO3S2/c1-5-23(25)11-9-17-15-7-6-14-12-18-19(28-20(24-18)29(4,26)27)13-21(14,2)16(15)8-10-22(17,23)3/h1,14-17,25H,6-13H2,2-4H3/t14-,15?,16?,17?,21-,22-,23-/m0/s1. The summed E-state index contributed by atoms with van der Waals surface area (Å²) in [4.78, 5) is 5.70. The lowest BCUT2D eigenvalue weighted by molar-refractivity contribution is -0.127. The fraction of sp³-hybridized carbons (Fsp3) is 0.783. The molecule has 4 nitrogen and oxygen atoms in total. The van der Waals surface area contributed by atoms with Crippen molar-refractivity contribution >= 4 is 21.2 Å². The molecule has 1 aromatic rings. The lowest BCUT2D eigenvalue weighted by Crippen LogP contribution is -2.56. The molecule has 0 spiro atoms. The predicted molar refractivity (Wildman–Crippen MR) is 114 cm³/mol. The summed E-state index contributed by atoms with van der Waals surface area (Å²) in [5, 5.41) is 11.2. The molecule has 3 unspecified atom stereocenters. The second kappa shape index (κ2) is 6.08. The van der Waals surface area contributed by atoms with Gasteiger partial charge in [-0.3, -0.25) is 0 Å². The van der Waals surface area contributed by atoms with Crippen LogP contribution < -0.4 is 0 Å². The first-order chi connectivity index (χ1) is 13.5. The van der Waals surface area contributed by atoms with Gasteiger partial charge in [-0.2, -0.15) is 0 Å². The summed E-state index contributed by atoms with van der Waals surface area (Å²) >= 11 is 1.39. The Morgan fingerprint density at radius 2 is 1.90 bits per heavy atom. The van der Waals surface area contributed by atoms with E-state index in [4.69, 9.17) is 6.42 Å². The average molecular weight is 434 g/mol. The molecule has 0 saturated heterocycles. The molecule has 5 rings (SSSR count). The summed E-state index contributed by atoms with van der Waals surface area (Å²) in [6.07, 6.45) is 15.2. The molecule has 0 radical (unpaired) electrons. The molecular formula is C23H31NO3S2. The van der Waals surface area contributed by atoms with Gasteiger partial charge in [-0.1, -0.05) is 19.8 Å². The minimum absolute atomic E-state index is 0.167. The molecule has 3 fully saturated rings. The van der Waals surface area contributed by atoms with Crippen LogP contribution in [0.25, 0.3) is 0 Å². The van der Waals surface area contributed by atoms with E-state index in [-0.39, 0.29) is 15.2 Å². The highest BCUT2D eigenvalue weighted by Gasteiger charge is 2.64. The normalized spacial score (nSPS) is 46.2. The second-order valence-corrected chi connectivity index (χ2v) is 13.9. The van der Waals surface area contributed by atoms with Gasteiger partial charge in [-0.15, -0.1) is 17.8 Å². The Balaban J connectivity index is 1.49. The summed E-state index contributed by atoms with van der Waals surface area (Å²) in [6.45, 7) is 4.68. The van der Waals surface area contributed by atoms with Crippen molar-refractivity contribution < 1.29 is 13.5 Å². The second-order valence-electron chi connectivity index (χ2n) is 10.7. The predicted octanol–water partition coefficient (Wildman–Crippen LogP) is 3.87. The molecule has 1 heterocycles. The van der Waals surface area contributed by atoms with Gasteiger partial charge in [0.1, 0.15) is 5.60 Å². The first-order valence-electron chi connectivity index (χ1n) is 10.9. The summed E-state index contributed by atoms with van der Waals surface area (Å²) < 4.78 is 24.3. The maximum Gasteiger partial charge on any atom is 0.209 e. The van der Waals surface area contributed by atoms with E-state index in [1.54, 1.807) is 0 Å². The molecule has 0 amide bonds. The van der Waals surface area contributed by atoms with Crippen LogP contribution in [0.3, 0.4) is 0 Å². The van der Waals surface area contributed by atoms with Crippen LogP contribution in [0.4, 0.5) is 0 Å². The van der Waals surface area contributed by atoms with Crippen LogP contribution in [-0.4, -0.2) is 30.4 Å². The third kappa shape index (κ3) is 2.60. The van der Waals surface area contributed by atoms with Crippen molar-refractivity contribution in [2.45, 2.75) is 75.2 Å². The Kier molecular flexibility index (Phi) is 4.20. The zero-order chi connectivity index (χ0) is 20.8. The van der Waals surface area contributed by atoms with Crippen molar-refractivity contribution in [3.05, 3.63) is 10.6 Å². The molecule has 3 saturated carbocycles. The minimum Gasteiger partial charge on any atom is -0.377 e. The van der Waals surface area contributed by atoms with E-state index in [9.17, 15) is 13.5 Å². The molecule has 6 heteroatoms. The lowest BCUT2D eigenvalue weighted by atomic mass is 9.45. The number of thiazole rings is 1. The fourth-order valence-electron chi connectivity index (χ4n) is 7.79. The van der Waals surface area contributed by atoms with Crippen molar-refractivity contribution in [3.8, 4) is 12.3 Å². The van der Waals surface area contributed by atoms with Gasteiger partial charge in [-0.05, 0) is 80.5 Å². The van der Waals surface area contributed by atoms with E-state index in [0.717, 1.165) is 44.2 Å². The van der Waals surface area contributed by atoms with Crippen LogP contribution in [0, 0.1) is 46.8 Å². The van der Waals surface area contributed by atoms with E-state index < -0.39 is 15.4 Å². The molecular weight excluding hydrogens is 402 g/mol. The van der Waals surface area contributed by atoms with Gasteiger partial charge in [0, 0.05) is 16.5 Å². The SMILES string of the molecule is C#C[C@]1(O)CCC2C3CC[C@H]4Cc5nc(S(C)(=O)=O)sc5C[C@]4(C)C3CC[C@@]21C. The van der Waals surface area contributed by atoms with Crippen molar-refractivity contribution in [2.75, 3.05) is 6.26 Å². The van der Waals surface area contributed by atoms with Gasteiger partial charge in [0.25, 0.3) is 0 Å². The van der Waals surface area contributed by atoms with Crippen LogP contribution in [0.15, 0.2) is 4.34 Å².